The Kier molecular flexibility index (Phi) is 35.2. The summed E-state index contributed by atoms with van der Waals surface area (Å²) in [5, 5.41) is 37.5. The lowest BCUT2D eigenvalue weighted by molar-refractivity contribution is -0.140. The lowest BCUT2D eigenvalue weighted by Gasteiger charge is -2.25. The number of carbonyl (C=O) groups is 8. The van der Waals surface area contributed by atoms with Gasteiger partial charge >= 0.3 is 17.9 Å². The summed E-state index contributed by atoms with van der Waals surface area (Å²) >= 11 is 0. The van der Waals surface area contributed by atoms with Crippen LogP contribution >= 0.6 is 0 Å². The standard InChI is InChI=1S/C42H75N5O13/c1-32(48)31-60-30-29-59-28-27-44-40(56)33(19-18-26-43)46-42(58)35(23-25-39(54)55)47-41(57)34(22-24-38(52)53)45-36(49)20-16-14-12-10-8-6-4-2-3-5-7-9-11-13-15-17-21-37(50)51/h33-35H,2-31,43H2,1H3,(H,44,56)(H,45,49)(H,46,58)(H,47,57)(H,50,51)(H,52,53)(H,54,55)/t33-,34-,35-/m0/s1. The zero-order chi connectivity index (χ0) is 44.8. The quantitative estimate of drug-likeness (QED) is 0.0406. The van der Waals surface area contributed by atoms with E-state index >= 15 is 0 Å². The van der Waals surface area contributed by atoms with Crippen molar-refractivity contribution in [1.29, 1.82) is 0 Å². The second-order valence-corrected chi connectivity index (χ2v) is 15.2. The van der Waals surface area contributed by atoms with Gasteiger partial charge in [-0.2, -0.15) is 0 Å². The van der Waals surface area contributed by atoms with Gasteiger partial charge in [0.15, 0.2) is 5.78 Å². The molecule has 0 bridgehead atoms. The highest BCUT2D eigenvalue weighted by atomic mass is 16.5. The Hall–Kier alpha value is -4.16. The summed E-state index contributed by atoms with van der Waals surface area (Å²) < 4.78 is 10.5. The summed E-state index contributed by atoms with van der Waals surface area (Å²) in [5.41, 5.74) is 5.63. The predicted octanol–water partition coefficient (Wildman–Crippen LogP) is 3.75. The topological polar surface area (TPSA) is 290 Å². The van der Waals surface area contributed by atoms with Gasteiger partial charge in [0.25, 0.3) is 0 Å². The maximum Gasteiger partial charge on any atom is 0.303 e. The molecule has 0 aromatic carbocycles. The highest BCUT2D eigenvalue weighted by Crippen LogP contribution is 2.15. The molecule has 0 unspecified atom stereocenters. The third-order valence-electron chi connectivity index (χ3n) is 9.68. The van der Waals surface area contributed by atoms with Crippen molar-refractivity contribution >= 4 is 47.3 Å². The van der Waals surface area contributed by atoms with E-state index in [9.17, 15) is 48.6 Å². The van der Waals surface area contributed by atoms with Crippen molar-refractivity contribution < 1.29 is 63.1 Å². The van der Waals surface area contributed by atoms with Crippen molar-refractivity contribution in [3.63, 3.8) is 0 Å². The molecule has 9 N–H and O–H groups in total. The third kappa shape index (κ3) is 34.7. The maximum atomic E-state index is 13.4. The van der Waals surface area contributed by atoms with Crippen LogP contribution in [0.25, 0.3) is 0 Å². The lowest BCUT2D eigenvalue weighted by atomic mass is 10.0. The fourth-order valence-corrected chi connectivity index (χ4v) is 6.32. The number of aliphatic carboxylic acids is 3. The average Bonchev–Trinajstić information content (AvgIpc) is 3.19. The molecule has 0 spiro atoms. The average molecular weight is 858 g/mol. The monoisotopic (exact) mass is 858 g/mol. The SMILES string of the molecule is CC(=O)COCCOCCNC(=O)[C@H](CCCN)NC(=O)[C@H](CCC(=O)O)NC(=O)[C@H](CCC(=O)O)NC(=O)CCCCCCCCCCCCCCCCCCC(=O)O. The molecule has 0 radical (unpaired) electrons. The number of ether oxygens (including phenoxy) is 2. The van der Waals surface area contributed by atoms with Crippen LogP contribution in [0.15, 0.2) is 0 Å². The number of nitrogens with two attached hydrogens (primary N) is 1. The van der Waals surface area contributed by atoms with Crippen molar-refractivity contribution in [3.05, 3.63) is 0 Å². The Morgan fingerprint density at radius 1 is 0.467 bits per heavy atom. The number of rotatable bonds is 42. The number of hydrogen-bond acceptors (Lipinski definition) is 11. The molecule has 0 aliphatic heterocycles. The summed E-state index contributed by atoms with van der Waals surface area (Å²) in [7, 11) is 0. The number of nitrogens with one attached hydrogen (secondary N) is 4. The summed E-state index contributed by atoms with van der Waals surface area (Å²) in [5.74, 6) is -5.96. The Morgan fingerprint density at radius 2 is 0.867 bits per heavy atom. The van der Waals surface area contributed by atoms with E-state index in [4.69, 9.17) is 20.3 Å². The highest BCUT2D eigenvalue weighted by molar-refractivity contribution is 5.94. The first-order valence-electron chi connectivity index (χ1n) is 21.9. The molecule has 18 heteroatoms. The first-order chi connectivity index (χ1) is 28.8. The van der Waals surface area contributed by atoms with Crippen molar-refractivity contribution in [2.45, 2.75) is 179 Å². The molecule has 0 aromatic rings. The highest BCUT2D eigenvalue weighted by Gasteiger charge is 2.30. The molecule has 60 heavy (non-hydrogen) atoms. The minimum atomic E-state index is -1.41. The van der Waals surface area contributed by atoms with Crippen molar-refractivity contribution in [1.82, 2.24) is 21.3 Å². The van der Waals surface area contributed by atoms with Crippen LogP contribution in [0.4, 0.5) is 0 Å². The molecule has 0 fully saturated rings. The van der Waals surface area contributed by atoms with Crippen LogP contribution in [0.5, 0.6) is 0 Å². The van der Waals surface area contributed by atoms with Gasteiger partial charge in [0.1, 0.15) is 24.7 Å². The van der Waals surface area contributed by atoms with E-state index in [-0.39, 0.29) is 77.4 Å². The molecule has 0 saturated carbocycles. The fraction of sp³-hybridized carbons (Fsp3) is 0.810. The molecule has 18 nitrogen and oxygen atoms in total. The minimum Gasteiger partial charge on any atom is -0.481 e. The van der Waals surface area contributed by atoms with E-state index in [1.54, 1.807) is 0 Å². The molecule has 0 heterocycles. The van der Waals surface area contributed by atoms with Crippen LogP contribution in [0, 0.1) is 0 Å². The normalized spacial score (nSPS) is 12.5. The Bertz CT molecular complexity index is 1250. The summed E-state index contributed by atoms with van der Waals surface area (Å²) in [6.07, 6.45) is 16.4. The van der Waals surface area contributed by atoms with Gasteiger partial charge in [-0.05, 0) is 52.0 Å². The molecule has 3 atom stereocenters. The predicted molar refractivity (Wildman–Crippen MR) is 224 cm³/mol. The van der Waals surface area contributed by atoms with Gasteiger partial charge in [0, 0.05) is 32.2 Å². The Morgan fingerprint density at radius 3 is 1.30 bits per heavy atom. The number of carbonyl (C=O) groups excluding carboxylic acids is 5. The lowest BCUT2D eigenvalue weighted by Crippen LogP contribution is -2.57. The number of unbranched alkanes of at least 4 members (excludes halogenated alkanes) is 15. The first kappa shape index (κ1) is 55.8. The molecular weight excluding hydrogens is 782 g/mol. The van der Waals surface area contributed by atoms with Crippen LogP contribution in [0.2, 0.25) is 0 Å². The molecule has 0 rings (SSSR count). The van der Waals surface area contributed by atoms with Crippen molar-refractivity contribution in [2.75, 3.05) is 39.5 Å². The zero-order valence-corrected chi connectivity index (χ0v) is 35.9. The van der Waals surface area contributed by atoms with Crippen LogP contribution < -0.4 is 27.0 Å². The van der Waals surface area contributed by atoms with Gasteiger partial charge in [-0.3, -0.25) is 38.4 Å². The molecule has 0 saturated heterocycles. The second kappa shape index (κ2) is 37.8. The van der Waals surface area contributed by atoms with Crippen LogP contribution in [0.3, 0.4) is 0 Å². The number of ketones is 1. The number of carboxylic acids is 3. The van der Waals surface area contributed by atoms with Crippen molar-refractivity contribution in [3.8, 4) is 0 Å². The van der Waals surface area contributed by atoms with Gasteiger partial charge in [-0.25, -0.2) is 0 Å². The fourth-order valence-electron chi connectivity index (χ4n) is 6.32. The molecule has 346 valence electrons. The molecule has 0 aliphatic rings. The number of amides is 4. The number of hydrogen-bond donors (Lipinski definition) is 8. The largest absolute Gasteiger partial charge is 0.481 e. The van der Waals surface area contributed by atoms with E-state index in [1.165, 1.54) is 51.9 Å². The minimum absolute atomic E-state index is 0.0267. The summed E-state index contributed by atoms with van der Waals surface area (Å²) in [6, 6.07) is -3.79. The smallest absolute Gasteiger partial charge is 0.303 e. The second-order valence-electron chi connectivity index (χ2n) is 15.2. The maximum absolute atomic E-state index is 13.4. The number of Topliss-reactive ketones (excluding diaryl/α,β-unsaturated/α-hetero) is 1. The molecular formula is C42H75N5O13. The van der Waals surface area contributed by atoms with Crippen LogP contribution in [-0.2, 0) is 47.8 Å². The Balaban J connectivity index is 4.84. The van der Waals surface area contributed by atoms with E-state index in [2.05, 4.69) is 21.3 Å². The Labute approximate surface area is 355 Å². The third-order valence-corrected chi connectivity index (χ3v) is 9.68. The van der Waals surface area contributed by atoms with E-state index in [0.29, 0.717) is 12.8 Å². The van der Waals surface area contributed by atoms with Gasteiger partial charge in [0.2, 0.25) is 23.6 Å². The zero-order valence-electron chi connectivity index (χ0n) is 35.9. The van der Waals surface area contributed by atoms with E-state index < -0.39 is 72.5 Å². The van der Waals surface area contributed by atoms with E-state index in [0.717, 1.165) is 51.4 Å². The molecule has 4 amide bonds. The number of carboxylic acid groups (broad SMARTS) is 3. The van der Waals surface area contributed by atoms with Crippen molar-refractivity contribution in [2.24, 2.45) is 5.73 Å². The summed E-state index contributed by atoms with van der Waals surface area (Å²) in [4.78, 5) is 96.9. The molecule has 0 aliphatic carbocycles. The van der Waals surface area contributed by atoms with Gasteiger partial charge in [-0.15, -0.1) is 0 Å². The first-order valence-corrected chi connectivity index (χ1v) is 21.9. The van der Waals surface area contributed by atoms with Gasteiger partial charge in [0.05, 0.1) is 19.8 Å². The summed E-state index contributed by atoms with van der Waals surface area (Å²) in [6.45, 7) is 2.20. The van der Waals surface area contributed by atoms with Crippen LogP contribution in [0.1, 0.15) is 161 Å². The van der Waals surface area contributed by atoms with Gasteiger partial charge < -0.3 is 51.8 Å². The van der Waals surface area contributed by atoms with E-state index in [1.807, 2.05) is 0 Å². The van der Waals surface area contributed by atoms with Crippen LogP contribution in [-0.4, -0.2) is 120 Å². The van der Waals surface area contributed by atoms with Gasteiger partial charge in [-0.1, -0.05) is 89.9 Å². The molecule has 0 aromatic heterocycles.